The average Bonchev–Trinajstić information content (AvgIpc) is 3.22. The maximum Gasteiger partial charge on any atom is 0.230 e. The molecule has 0 aromatic heterocycles. The van der Waals surface area contributed by atoms with Crippen LogP contribution in [-0.2, 0) is 22.6 Å². The first kappa shape index (κ1) is 20.1. The van der Waals surface area contributed by atoms with Crippen molar-refractivity contribution in [1.82, 2.24) is 5.32 Å². The van der Waals surface area contributed by atoms with Crippen LogP contribution in [0.15, 0.2) is 48.5 Å². The fraction of sp³-hybridized carbons (Fsp3) is 0.391. The van der Waals surface area contributed by atoms with E-state index >= 15 is 0 Å². The lowest BCUT2D eigenvalue weighted by Gasteiger charge is -2.26. The summed E-state index contributed by atoms with van der Waals surface area (Å²) in [4.78, 5) is 26.9. The number of hydrogen-bond donors (Lipinski definition) is 1. The van der Waals surface area contributed by atoms with Crippen LogP contribution in [0, 0.1) is 11.7 Å². The average molecular weight is 382 g/mol. The van der Waals surface area contributed by atoms with E-state index in [0.717, 1.165) is 42.5 Å². The molecular formula is C23H27FN2O2. The van der Waals surface area contributed by atoms with Crippen LogP contribution in [0.25, 0.3) is 0 Å². The molecular weight excluding hydrogens is 355 g/mol. The molecule has 28 heavy (non-hydrogen) atoms. The second-order valence-electron chi connectivity index (χ2n) is 7.33. The van der Waals surface area contributed by atoms with Crippen LogP contribution in [0.4, 0.5) is 10.1 Å². The Morgan fingerprint density at radius 1 is 1.07 bits per heavy atom. The van der Waals surface area contributed by atoms with Crippen molar-refractivity contribution in [2.45, 2.75) is 45.6 Å². The van der Waals surface area contributed by atoms with Crippen LogP contribution in [0.3, 0.4) is 0 Å². The zero-order chi connectivity index (χ0) is 19.9. The van der Waals surface area contributed by atoms with Crippen LogP contribution < -0.4 is 10.2 Å². The summed E-state index contributed by atoms with van der Waals surface area (Å²) in [5, 5.41) is 2.80. The number of benzene rings is 2. The largest absolute Gasteiger partial charge is 0.356 e. The molecule has 0 aliphatic heterocycles. The summed E-state index contributed by atoms with van der Waals surface area (Å²) in [5.74, 6) is -0.183. The van der Waals surface area contributed by atoms with Crippen LogP contribution in [0.5, 0.6) is 0 Å². The van der Waals surface area contributed by atoms with Crippen molar-refractivity contribution in [3.05, 3.63) is 65.5 Å². The second-order valence-corrected chi connectivity index (χ2v) is 7.33. The lowest BCUT2D eigenvalue weighted by atomic mass is 10.0. The summed E-state index contributed by atoms with van der Waals surface area (Å²) in [6, 6.07) is 13.8. The lowest BCUT2D eigenvalue weighted by molar-refractivity contribution is -0.122. The Hall–Kier alpha value is -2.69. The number of amides is 2. The van der Waals surface area contributed by atoms with Gasteiger partial charge in [-0.15, -0.1) is 0 Å². The maximum atomic E-state index is 13.3. The van der Waals surface area contributed by atoms with Gasteiger partial charge in [0.2, 0.25) is 11.8 Å². The van der Waals surface area contributed by atoms with Crippen molar-refractivity contribution in [3.63, 3.8) is 0 Å². The Bertz CT molecular complexity index is 814. The first-order valence-electron chi connectivity index (χ1n) is 9.98. The number of carbonyl (C=O) groups is 2. The van der Waals surface area contributed by atoms with E-state index < -0.39 is 0 Å². The summed E-state index contributed by atoms with van der Waals surface area (Å²) < 4.78 is 13.3. The van der Waals surface area contributed by atoms with E-state index in [1.54, 1.807) is 17.0 Å². The number of nitrogens with zero attached hydrogens (tertiary/aromatic N) is 1. The molecule has 0 spiro atoms. The van der Waals surface area contributed by atoms with E-state index in [4.69, 9.17) is 0 Å². The molecule has 1 aliphatic rings. The molecule has 5 heteroatoms. The fourth-order valence-electron chi connectivity index (χ4n) is 3.74. The Kier molecular flexibility index (Phi) is 6.80. The van der Waals surface area contributed by atoms with E-state index in [-0.39, 0.29) is 30.0 Å². The molecule has 2 aromatic carbocycles. The monoisotopic (exact) mass is 382 g/mol. The number of anilines is 1. The Balaban J connectivity index is 1.86. The molecule has 0 saturated heterocycles. The molecule has 2 amide bonds. The molecule has 0 bridgehead atoms. The van der Waals surface area contributed by atoms with Gasteiger partial charge in [0.05, 0.1) is 13.0 Å². The number of carbonyl (C=O) groups excluding carboxylic acids is 2. The van der Waals surface area contributed by atoms with Gasteiger partial charge >= 0.3 is 0 Å². The Morgan fingerprint density at radius 3 is 2.46 bits per heavy atom. The molecule has 1 saturated carbocycles. The van der Waals surface area contributed by atoms with Gasteiger partial charge in [0.1, 0.15) is 5.82 Å². The summed E-state index contributed by atoms with van der Waals surface area (Å²) in [6.45, 7) is 2.87. The molecule has 0 atom stereocenters. The predicted octanol–water partition coefficient (Wildman–Crippen LogP) is 4.23. The van der Waals surface area contributed by atoms with Crippen molar-refractivity contribution >= 4 is 17.5 Å². The van der Waals surface area contributed by atoms with Crippen molar-refractivity contribution in [1.29, 1.82) is 0 Å². The Labute approximate surface area is 165 Å². The highest BCUT2D eigenvalue weighted by Gasteiger charge is 2.28. The molecule has 3 rings (SSSR count). The summed E-state index contributed by atoms with van der Waals surface area (Å²) in [5.41, 5.74) is 2.52. The van der Waals surface area contributed by atoms with Crippen LogP contribution in [0.1, 0.15) is 43.7 Å². The number of rotatable bonds is 7. The van der Waals surface area contributed by atoms with Gasteiger partial charge in [-0.2, -0.15) is 0 Å². The highest BCUT2D eigenvalue weighted by Crippen LogP contribution is 2.30. The molecule has 4 nitrogen and oxygen atoms in total. The highest BCUT2D eigenvalue weighted by atomic mass is 19.1. The normalized spacial score (nSPS) is 14.1. The number of hydrogen-bond acceptors (Lipinski definition) is 2. The van der Waals surface area contributed by atoms with Crippen LogP contribution in [0.2, 0.25) is 0 Å². The van der Waals surface area contributed by atoms with Gasteiger partial charge in [0, 0.05) is 18.2 Å². The standard InChI is InChI=1S/C23H27FN2O2/c1-2-25-22(27)15-18-6-5-9-21(14-18)26(23(28)19-7-3-4-8-19)16-17-10-12-20(24)13-11-17/h5-6,9-14,19H,2-4,7-8,15-16H2,1H3,(H,25,27). The van der Waals surface area contributed by atoms with Gasteiger partial charge in [-0.3, -0.25) is 9.59 Å². The summed E-state index contributed by atoms with van der Waals surface area (Å²) in [6.07, 6.45) is 4.27. The molecule has 148 valence electrons. The van der Waals surface area contributed by atoms with Gasteiger partial charge in [-0.25, -0.2) is 4.39 Å². The van der Waals surface area contributed by atoms with Crippen molar-refractivity contribution in [3.8, 4) is 0 Å². The van der Waals surface area contributed by atoms with Gasteiger partial charge in [0.25, 0.3) is 0 Å². The fourth-order valence-corrected chi connectivity index (χ4v) is 3.74. The number of nitrogens with one attached hydrogen (secondary N) is 1. The van der Waals surface area contributed by atoms with Crippen molar-refractivity contribution in [2.75, 3.05) is 11.4 Å². The van der Waals surface area contributed by atoms with E-state index in [2.05, 4.69) is 5.32 Å². The maximum absolute atomic E-state index is 13.3. The first-order valence-corrected chi connectivity index (χ1v) is 9.98. The predicted molar refractivity (Wildman–Crippen MR) is 108 cm³/mol. The first-order chi connectivity index (χ1) is 13.6. The topological polar surface area (TPSA) is 49.4 Å². The molecule has 1 aliphatic carbocycles. The number of likely N-dealkylation sites (N-methyl/N-ethyl adjacent to an activating group) is 1. The molecule has 0 unspecified atom stereocenters. The minimum absolute atomic E-state index is 0.0347. The lowest BCUT2D eigenvalue weighted by Crippen LogP contribution is -2.35. The van der Waals surface area contributed by atoms with Gasteiger partial charge in [0.15, 0.2) is 0 Å². The quantitative estimate of drug-likeness (QED) is 0.779. The third-order valence-electron chi connectivity index (χ3n) is 5.19. The smallest absolute Gasteiger partial charge is 0.230 e. The molecule has 1 N–H and O–H groups in total. The van der Waals surface area contributed by atoms with Gasteiger partial charge in [-0.1, -0.05) is 37.1 Å². The molecule has 2 aromatic rings. The second kappa shape index (κ2) is 9.49. The van der Waals surface area contributed by atoms with E-state index in [1.165, 1.54) is 12.1 Å². The van der Waals surface area contributed by atoms with Gasteiger partial charge in [-0.05, 0) is 55.2 Å². The molecule has 0 heterocycles. The zero-order valence-corrected chi connectivity index (χ0v) is 16.3. The third kappa shape index (κ3) is 5.18. The molecule has 0 radical (unpaired) electrons. The van der Waals surface area contributed by atoms with Crippen LogP contribution >= 0.6 is 0 Å². The Morgan fingerprint density at radius 2 is 1.79 bits per heavy atom. The summed E-state index contributed by atoms with van der Waals surface area (Å²) >= 11 is 0. The van der Waals surface area contributed by atoms with Crippen molar-refractivity contribution < 1.29 is 14.0 Å². The minimum Gasteiger partial charge on any atom is -0.356 e. The highest BCUT2D eigenvalue weighted by molar-refractivity contribution is 5.95. The molecule has 1 fully saturated rings. The van der Waals surface area contributed by atoms with E-state index in [9.17, 15) is 14.0 Å². The van der Waals surface area contributed by atoms with Gasteiger partial charge < -0.3 is 10.2 Å². The van der Waals surface area contributed by atoms with E-state index in [0.29, 0.717) is 13.1 Å². The van der Waals surface area contributed by atoms with E-state index in [1.807, 2.05) is 31.2 Å². The SMILES string of the molecule is CCNC(=O)Cc1cccc(N(Cc2ccc(F)cc2)C(=O)C2CCCC2)c1. The third-order valence-corrected chi connectivity index (χ3v) is 5.19. The number of halogens is 1. The minimum atomic E-state index is -0.290. The van der Waals surface area contributed by atoms with Crippen LogP contribution in [-0.4, -0.2) is 18.4 Å². The zero-order valence-electron chi connectivity index (χ0n) is 16.3. The summed E-state index contributed by atoms with van der Waals surface area (Å²) in [7, 11) is 0. The van der Waals surface area contributed by atoms with Crippen molar-refractivity contribution in [2.24, 2.45) is 5.92 Å².